The Bertz CT molecular complexity index is 470. The SMILES string of the molecule is CN=C(NC)N1CCN(c2cc(Cl)ccc2C)CC1.I. The van der Waals surface area contributed by atoms with Crippen LogP contribution in [0.2, 0.25) is 5.02 Å². The second kappa shape index (κ2) is 7.93. The van der Waals surface area contributed by atoms with Gasteiger partial charge in [0.05, 0.1) is 0 Å². The van der Waals surface area contributed by atoms with Crippen molar-refractivity contribution >= 4 is 47.2 Å². The maximum absolute atomic E-state index is 6.09. The van der Waals surface area contributed by atoms with E-state index >= 15 is 0 Å². The number of benzene rings is 1. The van der Waals surface area contributed by atoms with Crippen LogP contribution in [0, 0.1) is 6.92 Å². The zero-order valence-corrected chi connectivity index (χ0v) is 15.3. The summed E-state index contributed by atoms with van der Waals surface area (Å²) in [6.07, 6.45) is 0. The van der Waals surface area contributed by atoms with Gasteiger partial charge in [-0.1, -0.05) is 17.7 Å². The van der Waals surface area contributed by atoms with Crippen LogP contribution in [0.25, 0.3) is 0 Å². The van der Waals surface area contributed by atoms with Crippen molar-refractivity contribution < 1.29 is 0 Å². The maximum atomic E-state index is 6.09. The van der Waals surface area contributed by atoms with Crippen molar-refractivity contribution in [2.45, 2.75) is 6.92 Å². The van der Waals surface area contributed by atoms with Crippen molar-refractivity contribution in [3.8, 4) is 0 Å². The third kappa shape index (κ3) is 3.91. The van der Waals surface area contributed by atoms with Gasteiger partial charge < -0.3 is 15.1 Å². The minimum Gasteiger partial charge on any atom is -0.368 e. The van der Waals surface area contributed by atoms with Crippen LogP contribution in [0.1, 0.15) is 5.56 Å². The van der Waals surface area contributed by atoms with E-state index in [1.807, 2.05) is 20.2 Å². The first-order valence-corrected chi connectivity index (χ1v) is 6.94. The van der Waals surface area contributed by atoms with Gasteiger partial charge in [-0.3, -0.25) is 4.99 Å². The third-order valence-corrected chi connectivity index (χ3v) is 3.76. The van der Waals surface area contributed by atoms with Gasteiger partial charge in [-0.2, -0.15) is 0 Å². The number of piperazine rings is 1. The summed E-state index contributed by atoms with van der Waals surface area (Å²) >= 11 is 6.09. The van der Waals surface area contributed by atoms with Gasteiger partial charge in [0.25, 0.3) is 0 Å². The Morgan fingerprint density at radius 1 is 1.25 bits per heavy atom. The zero-order valence-electron chi connectivity index (χ0n) is 12.2. The van der Waals surface area contributed by atoms with Gasteiger partial charge in [0, 0.05) is 51.0 Å². The zero-order chi connectivity index (χ0) is 13.8. The fourth-order valence-corrected chi connectivity index (χ4v) is 2.66. The van der Waals surface area contributed by atoms with Crippen LogP contribution in [0.4, 0.5) is 5.69 Å². The van der Waals surface area contributed by atoms with Crippen molar-refractivity contribution in [2.24, 2.45) is 4.99 Å². The first kappa shape index (κ1) is 17.4. The molecule has 0 aliphatic carbocycles. The van der Waals surface area contributed by atoms with Gasteiger partial charge in [0.15, 0.2) is 5.96 Å². The molecule has 1 aromatic carbocycles. The quantitative estimate of drug-likeness (QED) is 0.440. The molecule has 0 spiro atoms. The fraction of sp³-hybridized carbons (Fsp3) is 0.500. The number of halogens is 2. The molecule has 20 heavy (non-hydrogen) atoms. The van der Waals surface area contributed by atoms with Gasteiger partial charge in [-0.25, -0.2) is 0 Å². The van der Waals surface area contributed by atoms with E-state index in [0.717, 1.165) is 37.2 Å². The highest BCUT2D eigenvalue weighted by molar-refractivity contribution is 14.0. The molecule has 0 aromatic heterocycles. The van der Waals surface area contributed by atoms with E-state index in [1.165, 1.54) is 11.3 Å². The number of aliphatic imine (C=N–C) groups is 1. The standard InChI is InChI=1S/C14H21ClN4.HI/c1-11-4-5-12(15)10-13(11)18-6-8-19(9-7-18)14(16-2)17-3;/h4-5,10H,6-9H2,1-3H3,(H,16,17);1H. The van der Waals surface area contributed by atoms with E-state index in [0.29, 0.717) is 0 Å². The fourth-order valence-electron chi connectivity index (χ4n) is 2.49. The van der Waals surface area contributed by atoms with E-state index in [2.05, 4.69) is 39.2 Å². The summed E-state index contributed by atoms with van der Waals surface area (Å²) in [6.45, 7) is 6.05. The highest BCUT2D eigenvalue weighted by Crippen LogP contribution is 2.25. The molecule has 1 aliphatic rings. The van der Waals surface area contributed by atoms with Crippen LogP contribution in [0.3, 0.4) is 0 Å². The normalized spacial score (nSPS) is 15.9. The third-order valence-electron chi connectivity index (χ3n) is 3.53. The molecule has 1 aliphatic heterocycles. The largest absolute Gasteiger partial charge is 0.368 e. The highest BCUT2D eigenvalue weighted by atomic mass is 127. The minimum absolute atomic E-state index is 0. The Morgan fingerprint density at radius 2 is 1.90 bits per heavy atom. The number of rotatable bonds is 1. The number of anilines is 1. The summed E-state index contributed by atoms with van der Waals surface area (Å²) < 4.78 is 0. The number of nitrogens with zero attached hydrogens (tertiary/aromatic N) is 3. The Kier molecular flexibility index (Phi) is 6.88. The molecule has 112 valence electrons. The minimum atomic E-state index is 0. The molecule has 0 radical (unpaired) electrons. The Hall–Kier alpha value is -0.690. The Labute approximate surface area is 143 Å². The van der Waals surface area contributed by atoms with Gasteiger partial charge in [0.2, 0.25) is 0 Å². The first-order valence-electron chi connectivity index (χ1n) is 6.56. The molecular formula is C14H22ClIN4. The number of aryl methyl sites for hydroxylation is 1. The molecule has 0 unspecified atom stereocenters. The Balaban J connectivity index is 0.00000200. The van der Waals surface area contributed by atoms with Crippen molar-refractivity contribution in [3.63, 3.8) is 0 Å². The molecule has 1 heterocycles. The molecule has 1 saturated heterocycles. The molecule has 0 saturated carbocycles. The summed E-state index contributed by atoms with van der Waals surface area (Å²) in [5.41, 5.74) is 2.52. The van der Waals surface area contributed by atoms with Crippen LogP contribution in [-0.4, -0.2) is 51.1 Å². The van der Waals surface area contributed by atoms with Crippen LogP contribution in [0.5, 0.6) is 0 Å². The van der Waals surface area contributed by atoms with Crippen LogP contribution >= 0.6 is 35.6 Å². The molecular weight excluding hydrogens is 387 g/mol. The van der Waals surface area contributed by atoms with Crippen molar-refractivity contribution in [1.82, 2.24) is 10.2 Å². The van der Waals surface area contributed by atoms with Gasteiger partial charge in [0.1, 0.15) is 0 Å². The summed E-state index contributed by atoms with van der Waals surface area (Å²) in [4.78, 5) is 8.92. The maximum Gasteiger partial charge on any atom is 0.193 e. The average Bonchev–Trinajstić information content (AvgIpc) is 2.44. The molecule has 1 fully saturated rings. The lowest BCUT2D eigenvalue weighted by Crippen LogP contribution is -2.52. The van der Waals surface area contributed by atoms with Crippen LogP contribution in [0.15, 0.2) is 23.2 Å². The first-order chi connectivity index (χ1) is 9.15. The second-order valence-corrected chi connectivity index (χ2v) is 5.14. The van der Waals surface area contributed by atoms with E-state index in [4.69, 9.17) is 11.6 Å². The summed E-state index contributed by atoms with van der Waals surface area (Å²) in [7, 11) is 3.73. The lowest BCUT2D eigenvalue weighted by molar-refractivity contribution is 0.375. The molecule has 1 aromatic rings. The van der Waals surface area contributed by atoms with Gasteiger partial charge >= 0.3 is 0 Å². The monoisotopic (exact) mass is 408 g/mol. The molecule has 6 heteroatoms. The smallest absolute Gasteiger partial charge is 0.193 e. The van der Waals surface area contributed by atoms with Gasteiger partial charge in [-0.05, 0) is 24.6 Å². The van der Waals surface area contributed by atoms with Gasteiger partial charge in [-0.15, -0.1) is 24.0 Å². The Morgan fingerprint density at radius 3 is 2.45 bits per heavy atom. The molecule has 0 atom stereocenters. The average molecular weight is 409 g/mol. The molecule has 2 rings (SSSR count). The summed E-state index contributed by atoms with van der Waals surface area (Å²) in [5.74, 6) is 0.961. The van der Waals surface area contributed by atoms with E-state index in [-0.39, 0.29) is 24.0 Å². The lowest BCUT2D eigenvalue weighted by Gasteiger charge is -2.38. The van der Waals surface area contributed by atoms with E-state index in [9.17, 15) is 0 Å². The highest BCUT2D eigenvalue weighted by Gasteiger charge is 2.20. The van der Waals surface area contributed by atoms with Crippen LogP contribution < -0.4 is 10.2 Å². The molecule has 1 N–H and O–H groups in total. The number of guanidine groups is 1. The molecule has 0 bridgehead atoms. The van der Waals surface area contributed by atoms with E-state index in [1.54, 1.807) is 0 Å². The summed E-state index contributed by atoms with van der Waals surface area (Å²) in [6, 6.07) is 6.08. The van der Waals surface area contributed by atoms with Crippen molar-refractivity contribution in [2.75, 3.05) is 45.2 Å². The topological polar surface area (TPSA) is 30.9 Å². The predicted octanol–water partition coefficient (Wildman–Crippen LogP) is 2.59. The second-order valence-electron chi connectivity index (χ2n) is 4.70. The molecule has 0 amide bonds. The lowest BCUT2D eigenvalue weighted by atomic mass is 10.1. The number of nitrogens with one attached hydrogen (secondary N) is 1. The van der Waals surface area contributed by atoms with Crippen molar-refractivity contribution in [3.05, 3.63) is 28.8 Å². The molecule has 4 nitrogen and oxygen atoms in total. The summed E-state index contributed by atoms with van der Waals surface area (Å²) in [5, 5.41) is 3.93. The predicted molar refractivity (Wildman–Crippen MR) is 97.8 cm³/mol. The van der Waals surface area contributed by atoms with Crippen LogP contribution in [-0.2, 0) is 0 Å². The number of hydrogen-bond donors (Lipinski definition) is 1. The number of hydrogen-bond acceptors (Lipinski definition) is 2. The van der Waals surface area contributed by atoms with Crippen molar-refractivity contribution in [1.29, 1.82) is 0 Å². The van der Waals surface area contributed by atoms with E-state index < -0.39 is 0 Å².